The number of nitrogens with one attached hydrogen (secondary N) is 1. The van der Waals surface area contributed by atoms with Crippen molar-refractivity contribution in [1.29, 1.82) is 0 Å². The number of aromatic amines is 1. The van der Waals surface area contributed by atoms with E-state index in [0.29, 0.717) is 0 Å². The maximum Gasteiger partial charge on any atom is 0.330 e. The molecule has 1 fully saturated rings. The number of rotatable bonds is 4. The van der Waals surface area contributed by atoms with Crippen molar-refractivity contribution < 1.29 is 28.2 Å². The van der Waals surface area contributed by atoms with E-state index in [1.165, 1.54) is 0 Å². The van der Waals surface area contributed by atoms with Crippen molar-refractivity contribution in [3.8, 4) is 0 Å². The van der Waals surface area contributed by atoms with Crippen molar-refractivity contribution >= 4 is 11.9 Å². The molecule has 1 saturated heterocycles. The molecule has 9 nitrogen and oxygen atoms in total. The normalized spacial score (nSPS) is 26.7. The van der Waals surface area contributed by atoms with Gasteiger partial charge in [0.15, 0.2) is 18.5 Å². The first kappa shape index (κ1) is 16.9. The summed E-state index contributed by atoms with van der Waals surface area (Å²) in [6.45, 7) is 1.91. The van der Waals surface area contributed by atoms with Crippen LogP contribution in [0.5, 0.6) is 0 Å². The fourth-order valence-corrected chi connectivity index (χ4v) is 2.21. The molecule has 0 spiro atoms. The maximum atomic E-state index is 14.6. The molecule has 0 bridgehead atoms. The van der Waals surface area contributed by atoms with E-state index in [1.54, 1.807) is 0 Å². The van der Waals surface area contributed by atoms with Crippen LogP contribution >= 0.6 is 0 Å². The van der Waals surface area contributed by atoms with Gasteiger partial charge in [0.05, 0.1) is 0 Å². The van der Waals surface area contributed by atoms with E-state index in [-0.39, 0.29) is 6.61 Å². The van der Waals surface area contributed by atoms with Crippen LogP contribution in [0.1, 0.15) is 20.1 Å². The molecule has 0 saturated carbocycles. The highest BCUT2D eigenvalue weighted by molar-refractivity contribution is 5.66. The monoisotopic (exact) mass is 330 g/mol. The summed E-state index contributed by atoms with van der Waals surface area (Å²) in [6, 6.07) is 1.03. The molecular formula is C13H15FN2O7. The highest BCUT2D eigenvalue weighted by atomic mass is 19.1. The summed E-state index contributed by atoms with van der Waals surface area (Å²) in [5.74, 6) is -1.36. The molecular weight excluding hydrogens is 315 g/mol. The lowest BCUT2D eigenvalue weighted by Crippen LogP contribution is -2.37. The Balaban J connectivity index is 2.27. The van der Waals surface area contributed by atoms with Crippen molar-refractivity contribution in [3.63, 3.8) is 0 Å². The van der Waals surface area contributed by atoms with Crippen LogP contribution in [0.15, 0.2) is 21.9 Å². The Bertz CT molecular complexity index is 713. The summed E-state index contributed by atoms with van der Waals surface area (Å²) in [7, 11) is 0. The Morgan fingerprint density at radius 3 is 2.61 bits per heavy atom. The van der Waals surface area contributed by atoms with Crippen LogP contribution in [0, 0.1) is 0 Å². The minimum Gasteiger partial charge on any atom is -0.463 e. The Hall–Kier alpha value is -2.49. The lowest BCUT2D eigenvalue weighted by molar-refractivity contribution is -0.156. The minimum atomic E-state index is -1.89. The van der Waals surface area contributed by atoms with Gasteiger partial charge in [-0.1, -0.05) is 0 Å². The molecule has 1 N–H and O–H groups in total. The second-order valence-electron chi connectivity index (χ2n) is 4.90. The van der Waals surface area contributed by atoms with Crippen LogP contribution in [0.3, 0.4) is 0 Å². The van der Waals surface area contributed by atoms with Crippen molar-refractivity contribution in [2.24, 2.45) is 0 Å². The molecule has 23 heavy (non-hydrogen) atoms. The van der Waals surface area contributed by atoms with Gasteiger partial charge in [-0.05, 0) is 0 Å². The number of nitrogens with zero attached hydrogens (tertiary/aromatic N) is 1. The van der Waals surface area contributed by atoms with E-state index in [9.17, 15) is 23.6 Å². The van der Waals surface area contributed by atoms with Gasteiger partial charge in [0, 0.05) is 26.1 Å². The van der Waals surface area contributed by atoms with Crippen LogP contribution in [0.4, 0.5) is 4.39 Å². The molecule has 1 aliphatic heterocycles. The Kier molecular flexibility index (Phi) is 4.94. The van der Waals surface area contributed by atoms with Crippen LogP contribution in [-0.2, 0) is 23.8 Å². The Labute approximate surface area is 129 Å². The Morgan fingerprint density at radius 2 is 2.04 bits per heavy atom. The summed E-state index contributed by atoms with van der Waals surface area (Å²) in [5, 5.41) is 0. The highest BCUT2D eigenvalue weighted by Crippen LogP contribution is 2.33. The first-order valence-electron chi connectivity index (χ1n) is 6.71. The largest absolute Gasteiger partial charge is 0.463 e. The zero-order valence-corrected chi connectivity index (χ0v) is 12.4. The number of H-pyrrole nitrogens is 1. The zero-order chi connectivity index (χ0) is 17.1. The van der Waals surface area contributed by atoms with Crippen molar-refractivity contribution in [2.45, 2.75) is 38.5 Å². The predicted molar refractivity (Wildman–Crippen MR) is 72.3 cm³/mol. The van der Waals surface area contributed by atoms with Gasteiger partial charge in [0.25, 0.3) is 5.56 Å². The van der Waals surface area contributed by atoms with Crippen LogP contribution < -0.4 is 11.2 Å². The number of ether oxygens (including phenoxy) is 3. The molecule has 2 heterocycles. The van der Waals surface area contributed by atoms with Gasteiger partial charge in [0.2, 0.25) is 0 Å². The molecule has 10 heteroatoms. The number of carbonyl (C=O) groups excluding carboxylic acids is 2. The number of hydrogen-bond acceptors (Lipinski definition) is 7. The van der Waals surface area contributed by atoms with E-state index >= 15 is 0 Å². The molecule has 0 unspecified atom stereocenters. The third kappa shape index (κ3) is 3.83. The molecule has 2 rings (SSSR count). The average molecular weight is 330 g/mol. The fraction of sp³-hybridized carbons (Fsp3) is 0.538. The molecule has 0 radical (unpaired) electrons. The molecule has 0 aliphatic carbocycles. The second-order valence-corrected chi connectivity index (χ2v) is 4.90. The molecule has 1 aliphatic rings. The number of alkyl halides is 1. The van der Waals surface area contributed by atoms with Crippen molar-refractivity contribution in [3.05, 3.63) is 33.1 Å². The van der Waals surface area contributed by atoms with E-state index in [4.69, 9.17) is 14.2 Å². The van der Waals surface area contributed by atoms with Gasteiger partial charge < -0.3 is 14.2 Å². The summed E-state index contributed by atoms with van der Waals surface area (Å²) in [5.41, 5.74) is -1.52. The van der Waals surface area contributed by atoms with E-state index < -0.39 is 47.8 Å². The SMILES string of the molecule is CC(=O)OC[C@@H]1O[C@H](n2ccc(=O)[nH]c2=O)[C@H](F)[C@@H]1OC(C)=O. The molecule has 0 amide bonds. The number of aromatic nitrogens is 2. The summed E-state index contributed by atoms with van der Waals surface area (Å²) >= 11 is 0. The zero-order valence-electron chi connectivity index (χ0n) is 12.4. The third-order valence-electron chi connectivity index (χ3n) is 3.15. The molecule has 1 aromatic rings. The van der Waals surface area contributed by atoms with E-state index in [0.717, 1.165) is 30.7 Å². The predicted octanol–water partition coefficient (Wildman–Crippen LogP) is -0.733. The van der Waals surface area contributed by atoms with Crippen LogP contribution in [0.2, 0.25) is 0 Å². The molecule has 126 valence electrons. The van der Waals surface area contributed by atoms with E-state index in [1.807, 2.05) is 4.98 Å². The summed E-state index contributed by atoms with van der Waals surface area (Å²) in [6.07, 6.45) is -4.68. The lowest BCUT2D eigenvalue weighted by Gasteiger charge is -2.18. The van der Waals surface area contributed by atoms with Gasteiger partial charge in [0.1, 0.15) is 12.7 Å². The number of halogens is 1. The maximum absolute atomic E-state index is 14.6. The molecule has 1 aromatic heterocycles. The van der Waals surface area contributed by atoms with Gasteiger partial charge >= 0.3 is 17.6 Å². The Morgan fingerprint density at radius 1 is 1.35 bits per heavy atom. The third-order valence-corrected chi connectivity index (χ3v) is 3.15. The van der Waals surface area contributed by atoms with E-state index in [2.05, 4.69) is 0 Å². The second kappa shape index (κ2) is 6.73. The minimum absolute atomic E-state index is 0.345. The van der Waals surface area contributed by atoms with Gasteiger partial charge in [-0.15, -0.1) is 0 Å². The van der Waals surface area contributed by atoms with Gasteiger partial charge in [-0.3, -0.25) is 23.9 Å². The summed E-state index contributed by atoms with van der Waals surface area (Å²) in [4.78, 5) is 46.8. The lowest BCUT2D eigenvalue weighted by atomic mass is 10.1. The number of carbonyl (C=O) groups is 2. The topological polar surface area (TPSA) is 117 Å². The highest BCUT2D eigenvalue weighted by Gasteiger charge is 2.49. The smallest absolute Gasteiger partial charge is 0.330 e. The van der Waals surface area contributed by atoms with Crippen molar-refractivity contribution in [2.75, 3.05) is 6.61 Å². The first-order chi connectivity index (χ1) is 10.8. The van der Waals surface area contributed by atoms with Crippen LogP contribution in [-0.4, -0.2) is 46.5 Å². The molecule has 0 aromatic carbocycles. The quantitative estimate of drug-likeness (QED) is 0.723. The number of esters is 2. The van der Waals surface area contributed by atoms with Gasteiger partial charge in [-0.25, -0.2) is 9.18 Å². The number of hydrogen-bond donors (Lipinski definition) is 1. The summed E-state index contributed by atoms with van der Waals surface area (Å²) < 4.78 is 30.4. The average Bonchev–Trinajstić information content (AvgIpc) is 2.73. The standard InChI is InChI=1S/C13H15FN2O7/c1-6(17)21-5-8-11(22-7(2)18)10(14)12(23-8)16-4-3-9(19)15-13(16)20/h3-4,8,10-12H,5H2,1-2H3,(H,15,19,20)/t8-,10+,11+,12-/m0/s1. The molecule has 4 atom stereocenters. The fourth-order valence-electron chi connectivity index (χ4n) is 2.21. The first-order valence-corrected chi connectivity index (χ1v) is 6.71. The van der Waals surface area contributed by atoms with Crippen LogP contribution in [0.25, 0.3) is 0 Å². The van der Waals surface area contributed by atoms with Crippen molar-refractivity contribution in [1.82, 2.24) is 9.55 Å². The van der Waals surface area contributed by atoms with Gasteiger partial charge in [-0.2, -0.15) is 0 Å².